The molecule has 0 unspecified atom stereocenters. The first-order valence-electron chi connectivity index (χ1n) is 11.0. The number of methoxy groups -OCH3 is 2. The fraction of sp³-hybridized carbons (Fsp3) is 0.423. The van der Waals surface area contributed by atoms with Gasteiger partial charge in [-0.05, 0) is 62.1 Å². The molecule has 0 radical (unpaired) electrons. The second-order valence-corrected chi connectivity index (χ2v) is 9.12. The molecule has 4 rings (SSSR count). The van der Waals surface area contributed by atoms with Crippen LogP contribution in [0, 0.1) is 5.41 Å². The van der Waals surface area contributed by atoms with Crippen molar-refractivity contribution in [2.45, 2.75) is 33.3 Å². The van der Waals surface area contributed by atoms with Crippen molar-refractivity contribution in [2.24, 2.45) is 5.41 Å². The third kappa shape index (κ3) is 4.32. The van der Waals surface area contributed by atoms with Crippen molar-refractivity contribution in [3.63, 3.8) is 0 Å². The predicted molar refractivity (Wildman–Crippen MR) is 123 cm³/mol. The normalized spacial score (nSPS) is 16.5. The third-order valence-corrected chi connectivity index (χ3v) is 6.43. The van der Waals surface area contributed by atoms with Crippen molar-refractivity contribution in [3.05, 3.63) is 58.7 Å². The first kappa shape index (κ1) is 22.2. The SMILES string of the molecule is COc1ccc2c(c1)COc1cc(OC)ccc1C2=C1CCN(CC(C)(C)C(=O)O)CC1. The molecule has 0 aromatic heterocycles. The van der Waals surface area contributed by atoms with Gasteiger partial charge in [0.2, 0.25) is 0 Å². The Morgan fingerprint density at radius 3 is 2.28 bits per heavy atom. The number of fused-ring (bicyclic) bond motifs is 2. The summed E-state index contributed by atoms with van der Waals surface area (Å²) < 4.78 is 17.1. The number of hydrogen-bond donors (Lipinski definition) is 1. The summed E-state index contributed by atoms with van der Waals surface area (Å²) in [4.78, 5) is 13.8. The number of nitrogens with zero attached hydrogens (tertiary/aromatic N) is 1. The minimum atomic E-state index is -0.757. The van der Waals surface area contributed by atoms with Crippen LogP contribution in [0.25, 0.3) is 5.57 Å². The van der Waals surface area contributed by atoms with Crippen LogP contribution in [-0.2, 0) is 11.4 Å². The Bertz CT molecular complexity index is 989. The molecule has 0 bridgehead atoms. The highest BCUT2D eigenvalue weighted by molar-refractivity contribution is 5.87. The number of benzene rings is 2. The van der Waals surface area contributed by atoms with Crippen LogP contribution >= 0.6 is 0 Å². The van der Waals surface area contributed by atoms with Gasteiger partial charge < -0.3 is 24.2 Å². The van der Waals surface area contributed by atoms with Gasteiger partial charge in [-0.1, -0.05) is 11.6 Å². The molecule has 2 aromatic carbocycles. The van der Waals surface area contributed by atoms with Gasteiger partial charge in [-0.2, -0.15) is 0 Å². The van der Waals surface area contributed by atoms with E-state index in [2.05, 4.69) is 17.0 Å². The van der Waals surface area contributed by atoms with Crippen LogP contribution in [0.3, 0.4) is 0 Å². The molecule has 1 fully saturated rings. The Balaban J connectivity index is 1.72. The fourth-order valence-electron chi connectivity index (χ4n) is 4.56. The number of aliphatic carboxylic acids is 1. The maximum absolute atomic E-state index is 11.6. The molecule has 32 heavy (non-hydrogen) atoms. The van der Waals surface area contributed by atoms with Crippen LogP contribution in [0.1, 0.15) is 43.4 Å². The number of rotatable bonds is 5. The van der Waals surface area contributed by atoms with Crippen LogP contribution < -0.4 is 14.2 Å². The molecule has 2 heterocycles. The zero-order chi connectivity index (χ0) is 22.9. The monoisotopic (exact) mass is 437 g/mol. The lowest BCUT2D eigenvalue weighted by Crippen LogP contribution is -2.42. The van der Waals surface area contributed by atoms with E-state index in [0.717, 1.165) is 54.3 Å². The summed E-state index contributed by atoms with van der Waals surface area (Å²) in [6.45, 7) is 6.28. The van der Waals surface area contributed by atoms with E-state index >= 15 is 0 Å². The third-order valence-electron chi connectivity index (χ3n) is 6.43. The molecule has 2 aliphatic heterocycles. The van der Waals surface area contributed by atoms with Crippen LogP contribution in [0.2, 0.25) is 0 Å². The molecule has 6 nitrogen and oxygen atoms in total. The van der Waals surface area contributed by atoms with Crippen molar-refractivity contribution in [1.82, 2.24) is 4.90 Å². The van der Waals surface area contributed by atoms with Gasteiger partial charge in [-0.3, -0.25) is 4.79 Å². The lowest BCUT2D eigenvalue weighted by molar-refractivity contribution is -0.148. The van der Waals surface area contributed by atoms with Gasteiger partial charge in [0, 0.05) is 36.8 Å². The quantitative estimate of drug-likeness (QED) is 0.737. The first-order chi connectivity index (χ1) is 15.3. The Morgan fingerprint density at radius 1 is 1.03 bits per heavy atom. The highest BCUT2D eigenvalue weighted by atomic mass is 16.5. The van der Waals surface area contributed by atoms with E-state index in [4.69, 9.17) is 14.2 Å². The number of carbonyl (C=O) groups is 1. The van der Waals surface area contributed by atoms with E-state index < -0.39 is 11.4 Å². The van der Waals surface area contributed by atoms with E-state index in [-0.39, 0.29) is 0 Å². The number of carboxylic acids is 1. The molecule has 0 atom stereocenters. The molecule has 0 spiro atoms. The topological polar surface area (TPSA) is 68.2 Å². The van der Waals surface area contributed by atoms with E-state index in [1.807, 2.05) is 24.3 Å². The summed E-state index contributed by atoms with van der Waals surface area (Å²) in [7, 11) is 3.33. The zero-order valence-corrected chi connectivity index (χ0v) is 19.2. The zero-order valence-electron chi connectivity index (χ0n) is 19.2. The van der Waals surface area contributed by atoms with Crippen molar-refractivity contribution in [3.8, 4) is 17.2 Å². The standard InChI is InChI=1S/C26H31NO5/c1-26(2,25(28)29)16-27-11-9-17(10-12-27)24-21-7-5-19(30-3)13-18(21)15-32-23-14-20(31-4)6-8-22(23)24/h5-8,13-14H,9-12,15-16H2,1-4H3,(H,28,29). The molecule has 2 aromatic rings. The number of carboxylic acid groups (broad SMARTS) is 1. The van der Waals surface area contributed by atoms with Gasteiger partial charge in [0.25, 0.3) is 0 Å². The smallest absolute Gasteiger partial charge is 0.310 e. The number of hydrogen-bond acceptors (Lipinski definition) is 5. The van der Waals surface area contributed by atoms with Crippen molar-refractivity contribution >= 4 is 11.5 Å². The number of ether oxygens (including phenoxy) is 3. The van der Waals surface area contributed by atoms with E-state index in [0.29, 0.717) is 13.2 Å². The molecule has 170 valence electrons. The number of likely N-dealkylation sites (tertiary alicyclic amines) is 1. The summed E-state index contributed by atoms with van der Waals surface area (Å²) in [6.07, 6.45) is 1.78. The molecule has 6 heteroatoms. The van der Waals surface area contributed by atoms with Gasteiger partial charge >= 0.3 is 5.97 Å². The molecule has 0 amide bonds. The molecule has 1 N–H and O–H groups in total. The van der Waals surface area contributed by atoms with Crippen LogP contribution in [0.15, 0.2) is 42.0 Å². The van der Waals surface area contributed by atoms with Gasteiger partial charge in [-0.25, -0.2) is 0 Å². The Labute approximate surface area is 189 Å². The second kappa shape index (κ2) is 8.87. The van der Waals surface area contributed by atoms with Gasteiger partial charge in [0.1, 0.15) is 23.9 Å². The van der Waals surface area contributed by atoms with E-state index in [1.165, 1.54) is 16.7 Å². The Hall–Kier alpha value is -2.99. The van der Waals surface area contributed by atoms with Gasteiger partial charge in [0.15, 0.2) is 0 Å². The fourth-order valence-corrected chi connectivity index (χ4v) is 4.56. The number of piperidine rings is 1. The predicted octanol–water partition coefficient (Wildman–Crippen LogP) is 4.60. The molecule has 2 aliphatic rings. The molecule has 0 aliphatic carbocycles. The van der Waals surface area contributed by atoms with Crippen molar-refractivity contribution < 1.29 is 24.1 Å². The highest BCUT2D eigenvalue weighted by Gasteiger charge is 2.32. The average molecular weight is 438 g/mol. The summed E-state index contributed by atoms with van der Waals surface area (Å²) in [5.41, 5.74) is 5.17. The second-order valence-electron chi connectivity index (χ2n) is 9.12. The summed E-state index contributed by atoms with van der Waals surface area (Å²) in [6, 6.07) is 12.2. The molecule has 1 saturated heterocycles. The van der Waals surface area contributed by atoms with Gasteiger partial charge in [-0.15, -0.1) is 0 Å². The lowest BCUT2D eigenvalue weighted by Gasteiger charge is -2.34. The summed E-state index contributed by atoms with van der Waals surface area (Å²) in [5.74, 6) is 1.64. The van der Waals surface area contributed by atoms with Crippen LogP contribution in [-0.4, -0.2) is 49.8 Å². The first-order valence-corrected chi connectivity index (χ1v) is 11.0. The van der Waals surface area contributed by atoms with Crippen LogP contribution in [0.5, 0.6) is 17.2 Å². The minimum absolute atomic E-state index is 0.461. The molecular formula is C26H31NO5. The van der Waals surface area contributed by atoms with Crippen molar-refractivity contribution in [1.29, 1.82) is 0 Å². The average Bonchev–Trinajstić information content (AvgIpc) is 2.95. The maximum atomic E-state index is 11.6. The van der Waals surface area contributed by atoms with Crippen molar-refractivity contribution in [2.75, 3.05) is 33.9 Å². The Morgan fingerprint density at radius 2 is 1.66 bits per heavy atom. The summed E-state index contributed by atoms with van der Waals surface area (Å²) >= 11 is 0. The molecular weight excluding hydrogens is 406 g/mol. The largest absolute Gasteiger partial charge is 0.497 e. The van der Waals surface area contributed by atoms with E-state index in [1.54, 1.807) is 28.1 Å². The maximum Gasteiger partial charge on any atom is 0.310 e. The van der Waals surface area contributed by atoms with Gasteiger partial charge in [0.05, 0.1) is 19.6 Å². The molecule has 0 saturated carbocycles. The summed E-state index contributed by atoms with van der Waals surface area (Å²) in [5, 5.41) is 9.49. The Kier molecular flexibility index (Phi) is 6.15. The lowest BCUT2D eigenvalue weighted by atomic mass is 9.85. The highest BCUT2D eigenvalue weighted by Crippen LogP contribution is 2.43. The minimum Gasteiger partial charge on any atom is -0.497 e. The van der Waals surface area contributed by atoms with Crippen LogP contribution in [0.4, 0.5) is 0 Å². The van der Waals surface area contributed by atoms with E-state index in [9.17, 15) is 9.90 Å².